The molecule has 0 atom stereocenters. The minimum atomic E-state index is 0.527. The number of rotatable bonds is 9. The van der Waals surface area contributed by atoms with Gasteiger partial charge in [0.1, 0.15) is 0 Å². The second kappa shape index (κ2) is 10.7. The first-order valence-corrected chi connectivity index (χ1v) is 9.50. The summed E-state index contributed by atoms with van der Waals surface area (Å²) in [6.45, 7) is 10.8. The fourth-order valence-corrected chi connectivity index (χ4v) is 2.65. The summed E-state index contributed by atoms with van der Waals surface area (Å²) in [6, 6.07) is 13.2. The molecule has 0 bridgehead atoms. The van der Waals surface area contributed by atoms with Gasteiger partial charge in [0.15, 0.2) is 5.96 Å². The molecular weight excluding hydrogens is 322 g/mol. The molecule has 1 aromatic carbocycles. The largest absolute Gasteiger partial charge is 0.357 e. The summed E-state index contributed by atoms with van der Waals surface area (Å²) in [5.74, 6) is 0.867. The van der Waals surface area contributed by atoms with Crippen molar-refractivity contribution in [1.29, 1.82) is 0 Å². The first-order valence-electron chi connectivity index (χ1n) is 9.50. The van der Waals surface area contributed by atoms with Crippen LogP contribution in [0.1, 0.15) is 31.9 Å². The Balaban J connectivity index is 1.97. The maximum Gasteiger partial charge on any atom is 0.191 e. The monoisotopic (exact) mass is 355 g/mol. The van der Waals surface area contributed by atoms with Gasteiger partial charge in [0, 0.05) is 44.6 Å². The van der Waals surface area contributed by atoms with Crippen LogP contribution < -0.4 is 10.6 Å². The maximum atomic E-state index is 4.78. The molecule has 0 saturated carbocycles. The smallest absolute Gasteiger partial charge is 0.191 e. The van der Waals surface area contributed by atoms with E-state index in [0.29, 0.717) is 12.6 Å². The van der Waals surface area contributed by atoms with E-state index >= 15 is 0 Å². The Kier molecular flexibility index (Phi) is 8.22. The van der Waals surface area contributed by atoms with Gasteiger partial charge in [0.2, 0.25) is 0 Å². The Hall–Kier alpha value is -2.27. The molecule has 26 heavy (non-hydrogen) atoms. The highest BCUT2D eigenvalue weighted by Crippen LogP contribution is 2.13. The van der Waals surface area contributed by atoms with E-state index in [1.54, 1.807) is 0 Å². The lowest BCUT2D eigenvalue weighted by molar-refractivity contribution is 0.265. The molecule has 0 saturated heterocycles. The lowest BCUT2D eigenvalue weighted by Crippen LogP contribution is -2.38. The summed E-state index contributed by atoms with van der Waals surface area (Å²) in [5.41, 5.74) is 2.62. The molecule has 2 aromatic rings. The number of hydrogen-bond acceptors (Lipinski definition) is 2. The molecule has 0 amide bonds. The molecule has 0 aliphatic heterocycles. The van der Waals surface area contributed by atoms with Crippen LogP contribution in [0.3, 0.4) is 0 Å². The zero-order chi connectivity index (χ0) is 18.8. The molecular formula is C21H33N5. The standard InChI is InChI=1S/C21H33N5/c1-5-22-21(23-12-15-26-13-8-9-14-26)24-16-19-10-6-7-11-20(19)17-25(4)18(2)3/h6-11,13-14,18H,5,12,15-17H2,1-4H3,(H2,22,23,24). The Morgan fingerprint density at radius 2 is 1.77 bits per heavy atom. The van der Waals surface area contributed by atoms with Crippen LogP contribution in [0, 0.1) is 0 Å². The van der Waals surface area contributed by atoms with E-state index in [1.165, 1.54) is 11.1 Å². The summed E-state index contributed by atoms with van der Waals surface area (Å²) in [4.78, 5) is 7.13. The van der Waals surface area contributed by atoms with Gasteiger partial charge in [-0.25, -0.2) is 4.99 Å². The van der Waals surface area contributed by atoms with Gasteiger partial charge in [-0.3, -0.25) is 4.90 Å². The van der Waals surface area contributed by atoms with E-state index in [-0.39, 0.29) is 0 Å². The van der Waals surface area contributed by atoms with Crippen LogP contribution in [-0.4, -0.2) is 41.6 Å². The highest BCUT2D eigenvalue weighted by molar-refractivity contribution is 5.79. The van der Waals surface area contributed by atoms with E-state index in [2.05, 4.69) is 84.6 Å². The Labute approximate surface area is 158 Å². The van der Waals surface area contributed by atoms with E-state index in [1.807, 2.05) is 12.1 Å². The van der Waals surface area contributed by atoms with E-state index in [9.17, 15) is 0 Å². The molecule has 2 rings (SSSR count). The van der Waals surface area contributed by atoms with Crippen LogP contribution in [0.15, 0.2) is 53.8 Å². The number of nitrogens with zero attached hydrogens (tertiary/aromatic N) is 3. The van der Waals surface area contributed by atoms with Gasteiger partial charge in [-0.2, -0.15) is 0 Å². The predicted molar refractivity (Wildman–Crippen MR) is 110 cm³/mol. The molecule has 1 heterocycles. The molecule has 0 aliphatic rings. The van der Waals surface area contributed by atoms with Crippen molar-refractivity contribution in [3.63, 3.8) is 0 Å². The topological polar surface area (TPSA) is 44.6 Å². The van der Waals surface area contributed by atoms with Crippen molar-refractivity contribution < 1.29 is 0 Å². The summed E-state index contributed by atoms with van der Waals surface area (Å²) >= 11 is 0. The second-order valence-electron chi connectivity index (χ2n) is 6.82. The molecule has 0 unspecified atom stereocenters. The van der Waals surface area contributed by atoms with E-state index in [0.717, 1.165) is 32.1 Å². The normalized spacial score (nSPS) is 12.0. The molecule has 142 valence electrons. The van der Waals surface area contributed by atoms with Crippen LogP contribution in [0.4, 0.5) is 0 Å². The third kappa shape index (κ3) is 6.56. The highest BCUT2D eigenvalue weighted by Gasteiger charge is 2.08. The van der Waals surface area contributed by atoms with Crippen LogP contribution >= 0.6 is 0 Å². The third-order valence-corrected chi connectivity index (χ3v) is 4.50. The SMILES string of the molecule is CCNC(=NCc1ccccc1CN(C)C(C)C)NCCn1cccc1. The summed E-state index contributed by atoms with van der Waals surface area (Å²) in [7, 11) is 2.16. The number of aromatic nitrogens is 1. The van der Waals surface area contributed by atoms with Crippen molar-refractivity contribution in [3.8, 4) is 0 Å². The minimum absolute atomic E-state index is 0.527. The maximum absolute atomic E-state index is 4.78. The third-order valence-electron chi connectivity index (χ3n) is 4.50. The molecule has 0 aliphatic carbocycles. The first-order chi connectivity index (χ1) is 12.6. The van der Waals surface area contributed by atoms with E-state index < -0.39 is 0 Å². The van der Waals surface area contributed by atoms with Crippen LogP contribution in [0.5, 0.6) is 0 Å². The van der Waals surface area contributed by atoms with Crippen LogP contribution in [0.2, 0.25) is 0 Å². The lowest BCUT2D eigenvalue weighted by atomic mass is 10.1. The Morgan fingerprint density at radius 1 is 1.08 bits per heavy atom. The first kappa shape index (κ1) is 20.0. The van der Waals surface area contributed by atoms with Crippen molar-refractivity contribution in [2.45, 2.75) is 46.4 Å². The second-order valence-corrected chi connectivity index (χ2v) is 6.82. The Bertz CT molecular complexity index is 661. The van der Waals surface area contributed by atoms with E-state index in [4.69, 9.17) is 4.99 Å². The number of aliphatic imine (C=N–C) groups is 1. The van der Waals surface area contributed by atoms with Gasteiger partial charge in [0.05, 0.1) is 6.54 Å². The molecule has 1 aromatic heterocycles. The average molecular weight is 356 g/mol. The molecule has 0 radical (unpaired) electrons. The molecule has 2 N–H and O–H groups in total. The number of hydrogen-bond donors (Lipinski definition) is 2. The highest BCUT2D eigenvalue weighted by atomic mass is 15.2. The van der Waals surface area contributed by atoms with Crippen molar-refractivity contribution in [2.24, 2.45) is 4.99 Å². The quantitative estimate of drug-likeness (QED) is 0.537. The fourth-order valence-electron chi connectivity index (χ4n) is 2.65. The minimum Gasteiger partial charge on any atom is -0.357 e. The van der Waals surface area contributed by atoms with Crippen molar-refractivity contribution in [1.82, 2.24) is 20.1 Å². The number of nitrogens with one attached hydrogen (secondary N) is 2. The summed E-state index contributed by atoms with van der Waals surface area (Å²) in [6.07, 6.45) is 4.15. The van der Waals surface area contributed by atoms with Crippen molar-refractivity contribution in [3.05, 3.63) is 59.9 Å². The number of benzene rings is 1. The van der Waals surface area contributed by atoms with Gasteiger partial charge in [-0.05, 0) is 51.1 Å². The Morgan fingerprint density at radius 3 is 2.42 bits per heavy atom. The fraction of sp³-hybridized carbons (Fsp3) is 0.476. The van der Waals surface area contributed by atoms with Crippen LogP contribution in [-0.2, 0) is 19.6 Å². The zero-order valence-electron chi connectivity index (χ0n) is 16.6. The van der Waals surface area contributed by atoms with Crippen LogP contribution in [0.25, 0.3) is 0 Å². The molecule has 0 fully saturated rings. The molecule has 5 heteroatoms. The summed E-state index contributed by atoms with van der Waals surface area (Å²) in [5, 5.41) is 6.75. The number of guanidine groups is 1. The van der Waals surface area contributed by atoms with Crippen molar-refractivity contribution >= 4 is 5.96 Å². The predicted octanol–water partition coefficient (Wildman–Crippen LogP) is 3.08. The molecule has 0 spiro atoms. The average Bonchev–Trinajstić information content (AvgIpc) is 3.14. The zero-order valence-corrected chi connectivity index (χ0v) is 16.6. The van der Waals surface area contributed by atoms with Gasteiger partial charge in [-0.1, -0.05) is 24.3 Å². The van der Waals surface area contributed by atoms with Gasteiger partial charge < -0.3 is 15.2 Å². The lowest BCUT2D eigenvalue weighted by Gasteiger charge is -2.22. The van der Waals surface area contributed by atoms with Gasteiger partial charge >= 0.3 is 0 Å². The van der Waals surface area contributed by atoms with Gasteiger partial charge in [-0.15, -0.1) is 0 Å². The summed E-state index contributed by atoms with van der Waals surface area (Å²) < 4.78 is 2.16. The van der Waals surface area contributed by atoms with Gasteiger partial charge in [0.25, 0.3) is 0 Å². The molecule has 5 nitrogen and oxygen atoms in total. The van der Waals surface area contributed by atoms with Crippen molar-refractivity contribution in [2.75, 3.05) is 20.1 Å².